The smallest absolute Gasteiger partial charge is 0.338 e. The molecular weight excluding hydrogens is 519 g/mol. The third kappa shape index (κ3) is 7.20. The number of carbonyl (C=O) groups excluding carboxylic acids is 2. The van der Waals surface area contributed by atoms with Crippen LogP contribution in [-0.4, -0.2) is 30.2 Å². The molecule has 0 bridgehead atoms. The van der Waals surface area contributed by atoms with Crippen LogP contribution >= 0.6 is 35.4 Å². The zero-order valence-electron chi connectivity index (χ0n) is 19.9. The Morgan fingerprint density at radius 1 is 0.917 bits per heavy atom. The van der Waals surface area contributed by atoms with Gasteiger partial charge in [0.25, 0.3) is 5.91 Å². The van der Waals surface area contributed by atoms with E-state index in [0.717, 1.165) is 6.42 Å². The quantitative estimate of drug-likeness (QED) is 0.239. The van der Waals surface area contributed by atoms with E-state index in [-0.39, 0.29) is 24.2 Å². The number of anilines is 1. The van der Waals surface area contributed by atoms with Crippen LogP contribution in [-0.2, 0) is 11.3 Å². The van der Waals surface area contributed by atoms with E-state index in [1.54, 1.807) is 78.6 Å². The summed E-state index contributed by atoms with van der Waals surface area (Å²) in [4.78, 5) is 26.7. The molecule has 0 fully saturated rings. The molecule has 0 radical (unpaired) electrons. The number of nitrogens with zero attached hydrogens (tertiary/aromatic N) is 1. The molecule has 3 aromatic rings. The van der Waals surface area contributed by atoms with Gasteiger partial charge in [0, 0.05) is 26.9 Å². The molecule has 0 aliphatic heterocycles. The predicted molar refractivity (Wildman–Crippen MR) is 147 cm³/mol. The van der Waals surface area contributed by atoms with Crippen LogP contribution in [0.2, 0.25) is 10.0 Å². The lowest BCUT2D eigenvalue weighted by Gasteiger charge is -2.26. The summed E-state index contributed by atoms with van der Waals surface area (Å²) in [6.07, 6.45) is 0.891. The van der Waals surface area contributed by atoms with Gasteiger partial charge in [0.2, 0.25) is 0 Å². The minimum absolute atomic E-state index is 0.145. The summed E-state index contributed by atoms with van der Waals surface area (Å²) >= 11 is 18.4. The fraction of sp³-hybridized carbons (Fsp3) is 0.222. The fourth-order valence-corrected chi connectivity index (χ4v) is 4.05. The molecule has 36 heavy (non-hydrogen) atoms. The lowest BCUT2D eigenvalue weighted by Crippen LogP contribution is -2.42. The number of ether oxygens (including phenoxy) is 2. The van der Waals surface area contributed by atoms with Gasteiger partial charge in [-0.05, 0) is 86.2 Å². The highest BCUT2D eigenvalue weighted by atomic mass is 35.5. The third-order valence-corrected chi connectivity index (χ3v) is 6.15. The maximum atomic E-state index is 12.9. The third-order valence-electron chi connectivity index (χ3n) is 5.12. The first-order chi connectivity index (χ1) is 17.3. The summed E-state index contributed by atoms with van der Waals surface area (Å²) in [6, 6.07) is 18.7. The Morgan fingerprint density at radius 2 is 1.53 bits per heavy atom. The summed E-state index contributed by atoms with van der Waals surface area (Å²) in [5.74, 6) is -0.111. The summed E-state index contributed by atoms with van der Waals surface area (Å²) in [7, 11) is 0. The molecule has 3 aromatic carbocycles. The molecule has 0 saturated carbocycles. The second kappa shape index (κ2) is 13.3. The molecule has 0 aliphatic carbocycles. The van der Waals surface area contributed by atoms with Crippen molar-refractivity contribution in [1.82, 2.24) is 5.32 Å². The molecule has 0 aliphatic rings. The number of esters is 1. The van der Waals surface area contributed by atoms with Crippen LogP contribution < -0.4 is 15.0 Å². The number of thiocarbonyl (C=S) groups is 1. The van der Waals surface area contributed by atoms with E-state index in [1.807, 2.05) is 6.92 Å². The van der Waals surface area contributed by atoms with Crippen LogP contribution in [0.5, 0.6) is 5.75 Å². The van der Waals surface area contributed by atoms with Crippen molar-refractivity contribution in [2.75, 3.05) is 18.1 Å². The molecule has 0 heterocycles. The van der Waals surface area contributed by atoms with Crippen molar-refractivity contribution < 1.29 is 19.1 Å². The Hall–Kier alpha value is -3.13. The van der Waals surface area contributed by atoms with Crippen molar-refractivity contribution in [3.63, 3.8) is 0 Å². The highest BCUT2D eigenvalue weighted by molar-refractivity contribution is 7.80. The molecule has 0 unspecified atom stereocenters. The fourth-order valence-electron chi connectivity index (χ4n) is 3.27. The molecule has 1 amide bonds. The van der Waals surface area contributed by atoms with Crippen molar-refractivity contribution in [3.05, 3.63) is 93.5 Å². The summed E-state index contributed by atoms with van der Waals surface area (Å²) < 4.78 is 10.6. The topological polar surface area (TPSA) is 67.9 Å². The van der Waals surface area contributed by atoms with Gasteiger partial charge in [-0.25, -0.2) is 4.79 Å². The van der Waals surface area contributed by atoms with Crippen LogP contribution in [0, 0.1) is 0 Å². The van der Waals surface area contributed by atoms with Gasteiger partial charge in [0.1, 0.15) is 5.75 Å². The van der Waals surface area contributed by atoms with Crippen LogP contribution in [0.25, 0.3) is 0 Å². The van der Waals surface area contributed by atoms with Gasteiger partial charge in [-0.2, -0.15) is 0 Å². The standard InChI is InChI=1S/C27H26Cl2N2O4S/c1-3-16-35-21-14-10-18(11-15-21)25(32)30-27(36)31(17-22-23(28)6-5-7-24(22)29)20-12-8-19(9-13-20)26(33)34-4-2/h5-15H,3-4,16-17H2,1-2H3,(H,30,32,36). The number of nitrogens with one attached hydrogen (secondary N) is 1. The molecule has 6 nitrogen and oxygen atoms in total. The molecule has 0 saturated heterocycles. The number of benzene rings is 3. The van der Waals surface area contributed by atoms with Crippen LogP contribution in [0.15, 0.2) is 66.7 Å². The number of amides is 1. The van der Waals surface area contributed by atoms with E-state index < -0.39 is 5.97 Å². The van der Waals surface area contributed by atoms with Crippen molar-refractivity contribution >= 4 is 58.1 Å². The second-order valence-corrected chi connectivity index (χ2v) is 8.89. The number of hydrogen-bond donors (Lipinski definition) is 1. The minimum Gasteiger partial charge on any atom is -0.494 e. The monoisotopic (exact) mass is 544 g/mol. The molecule has 0 atom stereocenters. The number of hydrogen-bond acceptors (Lipinski definition) is 5. The van der Waals surface area contributed by atoms with E-state index in [2.05, 4.69) is 5.32 Å². The lowest BCUT2D eigenvalue weighted by molar-refractivity contribution is 0.0526. The maximum Gasteiger partial charge on any atom is 0.338 e. The number of halogens is 2. The normalized spacial score (nSPS) is 10.4. The summed E-state index contributed by atoms with van der Waals surface area (Å²) in [5.41, 5.74) is 2.10. The number of carbonyl (C=O) groups is 2. The second-order valence-electron chi connectivity index (χ2n) is 7.69. The van der Waals surface area contributed by atoms with Gasteiger partial charge in [-0.3, -0.25) is 10.1 Å². The SMILES string of the molecule is CCCOc1ccc(C(=O)NC(=S)N(Cc2c(Cl)cccc2Cl)c2ccc(C(=O)OCC)cc2)cc1. The highest BCUT2D eigenvalue weighted by Crippen LogP contribution is 2.28. The molecule has 1 N–H and O–H groups in total. The zero-order valence-corrected chi connectivity index (χ0v) is 22.3. The van der Waals surface area contributed by atoms with Gasteiger partial charge in [0.05, 0.1) is 25.3 Å². The van der Waals surface area contributed by atoms with E-state index in [0.29, 0.717) is 44.8 Å². The van der Waals surface area contributed by atoms with Crippen LogP contribution in [0.1, 0.15) is 46.5 Å². The zero-order chi connectivity index (χ0) is 26.1. The first-order valence-electron chi connectivity index (χ1n) is 11.4. The molecule has 3 rings (SSSR count). The van der Waals surface area contributed by atoms with Gasteiger partial charge in [-0.1, -0.05) is 36.2 Å². The first kappa shape index (κ1) is 27.5. The summed E-state index contributed by atoms with van der Waals surface area (Å²) in [6.45, 7) is 4.84. The Balaban J connectivity index is 1.85. The number of rotatable bonds is 9. The molecule has 9 heteroatoms. The average Bonchev–Trinajstić information content (AvgIpc) is 2.88. The van der Waals surface area contributed by atoms with Crippen molar-refractivity contribution in [2.24, 2.45) is 0 Å². The average molecular weight is 545 g/mol. The maximum absolute atomic E-state index is 12.9. The van der Waals surface area contributed by atoms with Gasteiger partial charge >= 0.3 is 5.97 Å². The van der Waals surface area contributed by atoms with Gasteiger partial charge in [-0.15, -0.1) is 0 Å². The predicted octanol–water partition coefficient (Wildman–Crippen LogP) is 6.68. The van der Waals surface area contributed by atoms with Crippen LogP contribution in [0.3, 0.4) is 0 Å². The van der Waals surface area contributed by atoms with E-state index in [1.165, 1.54) is 0 Å². The Kier molecular flexibility index (Phi) is 10.1. The molecular formula is C27H26Cl2N2O4S. The van der Waals surface area contributed by atoms with Crippen molar-refractivity contribution in [2.45, 2.75) is 26.8 Å². The minimum atomic E-state index is -0.424. The van der Waals surface area contributed by atoms with Gasteiger partial charge in [0.15, 0.2) is 5.11 Å². The van der Waals surface area contributed by atoms with Gasteiger partial charge < -0.3 is 14.4 Å². The van der Waals surface area contributed by atoms with E-state index in [4.69, 9.17) is 44.9 Å². The Labute approximate surface area is 226 Å². The van der Waals surface area contributed by atoms with Crippen LogP contribution in [0.4, 0.5) is 5.69 Å². The molecule has 0 aromatic heterocycles. The van der Waals surface area contributed by atoms with E-state index in [9.17, 15) is 9.59 Å². The van der Waals surface area contributed by atoms with Crippen molar-refractivity contribution in [1.29, 1.82) is 0 Å². The Bertz CT molecular complexity index is 1200. The Morgan fingerprint density at radius 3 is 2.11 bits per heavy atom. The molecule has 188 valence electrons. The largest absolute Gasteiger partial charge is 0.494 e. The summed E-state index contributed by atoms with van der Waals surface area (Å²) in [5, 5.41) is 3.85. The first-order valence-corrected chi connectivity index (χ1v) is 12.6. The molecule has 0 spiro atoms. The van der Waals surface area contributed by atoms with E-state index >= 15 is 0 Å². The van der Waals surface area contributed by atoms with Crippen molar-refractivity contribution in [3.8, 4) is 5.75 Å². The highest BCUT2D eigenvalue weighted by Gasteiger charge is 2.20. The lowest BCUT2D eigenvalue weighted by atomic mass is 10.1.